The smallest absolute Gasteiger partial charge is 0.462 e. The molecular formula is C46H80O14P2. The first-order chi connectivity index (χ1) is 29.8. The Morgan fingerprint density at radius 2 is 1.03 bits per heavy atom. The Kier molecular flexibility index (Phi) is 39.6. The van der Waals surface area contributed by atoms with Gasteiger partial charge in [0, 0.05) is 12.8 Å². The lowest BCUT2D eigenvalue weighted by atomic mass is 10.1. The molecule has 358 valence electrons. The molecule has 0 aliphatic rings. The monoisotopic (exact) mass is 919 g/mol. The highest BCUT2D eigenvalue weighted by Crippen LogP contribution is 2.43. The molecule has 0 aromatic carbocycles. The van der Waals surface area contributed by atoms with Gasteiger partial charge in [0.05, 0.1) is 25.9 Å². The van der Waals surface area contributed by atoms with E-state index in [1.165, 1.54) is 38.5 Å². The number of unbranched alkanes of at least 4 members (excludes halogenated alkanes) is 14. The second kappa shape index (κ2) is 41.2. The van der Waals surface area contributed by atoms with Gasteiger partial charge < -0.3 is 34.4 Å². The van der Waals surface area contributed by atoms with Gasteiger partial charge >= 0.3 is 27.6 Å². The number of ether oxygens (including phenoxy) is 2. The van der Waals surface area contributed by atoms with Gasteiger partial charge in [0.25, 0.3) is 0 Å². The molecule has 0 amide bonds. The molecule has 0 heterocycles. The molecule has 14 nitrogen and oxygen atoms in total. The summed E-state index contributed by atoms with van der Waals surface area (Å²) in [4.78, 5) is 52.7. The molecule has 0 aliphatic carbocycles. The molecule has 0 rings (SSSR count). The molecule has 0 fully saturated rings. The zero-order valence-electron chi connectivity index (χ0n) is 37.6. The number of phosphoric acid groups is 2. The number of carbonyl (C=O) groups excluding carboxylic acids is 2. The van der Waals surface area contributed by atoms with E-state index in [9.17, 15) is 33.8 Å². The molecule has 0 saturated carbocycles. The summed E-state index contributed by atoms with van der Waals surface area (Å²) in [5, 5.41) is 19.8. The maximum Gasteiger partial charge on any atom is 0.472 e. The summed E-state index contributed by atoms with van der Waals surface area (Å²) in [5.74, 6) is -1.15. The first kappa shape index (κ1) is 59.5. The lowest BCUT2D eigenvalue weighted by Gasteiger charge is -2.20. The second-order valence-corrected chi connectivity index (χ2v) is 17.9. The zero-order valence-corrected chi connectivity index (χ0v) is 39.3. The zero-order chi connectivity index (χ0) is 46.0. The molecule has 4 atom stereocenters. The lowest BCUT2D eigenvalue weighted by Crippen LogP contribution is -2.30. The van der Waals surface area contributed by atoms with E-state index in [0.717, 1.165) is 64.2 Å². The Morgan fingerprint density at radius 3 is 1.65 bits per heavy atom. The minimum Gasteiger partial charge on any atom is -0.462 e. The van der Waals surface area contributed by atoms with Crippen LogP contribution >= 0.6 is 15.6 Å². The number of allylic oxidation sites excluding steroid dienone is 10. The molecule has 5 N–H and O–H groups in total. The van der Waals surface area contributed by atoms with Crippen molar-refractivity contribution in [1.29, 1.82) is 0 Å². The summed E-state index contributed by atoms with van der Waals surface area (Å²) in [7, 11) is -9.72. The van der Waals surface area contributed by atoms with Crippen molar-refractivity contribution in [2.24, 2.45) is 0 Å². The van der Waals surface area contributed by atoms with E-state index in [1.807, 2.05) is 36.5 Å². The highest BCUT2D eigenvalue weighted by molar-refractivity contribution is 7.47. The highest BCUT2D eigenvalue weighted by atomic mass is 31.2. The first-order valence-electron chi connectivity index (χ1n) is 22.7. The number of aliphatic hydroxyl groups is 2. The minimum atomic E-state index is -4.88. The van der Waals surface area contributed by atoms with Gasteiger partial charge in [-0.05, 0) is 77.0 Å². The van der Waals surface area contributed by atoms with Crippen LogP contribution in [0.4, 0.5) is 0 Å². The summed E-state index contributed by atoms with van der Waals surface area (Å²) >= 11 is 0. The maximum atomic E-state index is 12.7. The summed E-state index contributed by atoms with van der Waals surface area (Å²) < 4.78 is 47.7. The van der Waals surface area contributed by atoms with Crippen molar-refractivity contribution < 1.29 is 66.7 Å². The quantitative estimate of drug-likeness (QED) is 0.0127. The van der Waals surface area contributed by atoms with Gasteiger partial charge in [0.1, 0.15) is 12.7 Å². The van der Waals surface area contributed by atoms with Crippen molar-refractivity contribution in [3.05, 3.63) is 72.9 Å². The van der Waals surface area contributed by atoms with Crippen molar-refractivity contribution >= 4 is 27.6 Å². The average Bonchev–Trinajstić information content (AvgIpc) is 3.23. The molecule has 16 heteroatoms. The Hall–Kier alpha value is -2.48. The Bertz CT molecular complexity index is 1390. The number of phosphoric ester groups is 2. The first-order valence-corrected chi connectivity index (χ1v) is 25.8. The topological polar surface area (TPSA) is 216 Å². The van der Waals surface area contributed by atoms with Crippen molar-refractivity contribution in [3.8, 4) is 0 Å². The average molecular weight is 919 g/mol. The fourth-order valence-corrected chi connectivity index (χ4v) is 6.78. The third-order valence-corrected chi connectivity index (χ3v) is 10.6. The summed E-state index contributed by atoms with van der Waals surface area (Å²) in [5.41, 5.74) is 0. The van der Waals surface area contributed by atoms with Gasteiger partial charge in [-0.2, -0.15) is 0 Å². The van der Waals surface area contributed by atoms with Crippen LogP contribution in [-0.4, -0.2) is 81.6 Å². The van der Waals surface area contributed by atoms with Crippen molar-refractivity contribution in [3.63, 3.8) is 0 Å². The van der Waals surface area contributed by atoms with Crippen LogP contribution in [0.1, 0.15) is 162 Å². The third kappa shape index (κ3) is 44.1. The van der Waals surface area contributed by atoms with Gasteiger partial charge in [-0.25, -0.2) is 9.13 Å². The molecule has 0 aromatic rings. The van der Waals surface area contributed by atoms with Gasteiger partial charge in [0.15, 0.2) is 6.10 Å². The SMILES string of the molecule is CCCCC/C=C\C=C/[C@@H](O)C/C=C\C/C=C/CCCC(=O)OC[C@H](COP(=O)(O)OC[C@@H](O)COP(=O)(O)O)OC(=O)CCCCCCCCC/C=C\C/C=C\CCCCC. The number of rotatable bonds is 42. The predicted octanol–water partition coefficient (Wildman–Crippen LogP) is 10.8. The molecule has 0 aromatic heterocycles. The minimum absolute atomic E-state index is 0.0804. The fourth-order valence-electron chi connectivity index (χ4n) is 5.63. The summed E-state index contributed by atoms with van der Waals surface area (Å²) in [6, 6.07) is 0. The summed E-state index contributed by atoms with van der Waals surface area (Å²) in [6.45, 7) is 1.54. The number of esters is 2. The van der Waals surface area contributed by atoms with Gasteiger partial charge in [-0.15, -0.1) is 0 Å². The standard InChI is InChI=1S/C46H80O14P2/c1-3-5-7-9-11-12-13-14-15-16-17-18-19-20-24-29-33-37-46(50)60-44(41-59-62(54,55)58-39-43(48)38-57-61(51,52)53)40-56-45(49)36-32-28-25-21-23-27-31-35-42(47)34-30-26-22-10-8-6-4-2/h11-12,14-15,21-22,25-27,30-31,34,42-44,47-48H,3-10,13,16-20,23-24,28-29,32-33,35-41H2,1-2H3,(H,54,55)(H2,51,52,53)/b12-11-,15-14-,25-21+,26-22-,31-27-,34-30-/t42-,43+,44-/m1/s1. The van der Waals surface area contributed by atoms with E-state index in [4.69, 9.17) is 23.8 Å². The van der Waals surface area contributed by atoms with Crippen LogP contribution in [0.25, 0.3) is 0 Å². The van der Waals surface area contributed by atoms with E-state index < -0.39 is 72.3 Å². The van der Waals surface area contributed by atoms with Crippen LogP contribution < -0.4 is 0 Å². The number of hydrogen-bond acceptors (Lipinski definition) is 11. The van der Waals surface area contributed by atoms with E-state index in [2.05, 4.69) is 53.3 Å². The molecular weight excluding hydrogens is 838 g/mol. The van der Waals surface area contributed by atoms with Gasteiger partial charge in [0.2, 0.25) is 0 Å². The van der Waals surface area contributed by atoms with Crippen LogP contribution in [0.2, 0.25) is 0 Å². The molecule has 0 spiro atoms. The number of carbonyl (C=O) groups is 2. The van der Waals surface area contributed by atoms with E-state index in [-0.39, 0.29) is 12.8 Å². The Morgan fingerprint density at radius 1 is 0.532 bits per heavy atom. The fraction of sp³-hybridized carbons (Fsp3) is 0.696. The van der Waals surface area contributed by atoms with Crippen molar-refractivity contribution in [2.75, 3.05) is 26.4 Å². The summed E-state index contributed by atoms with van der Waals surface area (Å²) in [6.07, 6.45) is 42.0. The normalized spacial score (nSPS) is 15.1. The van der Waals surface area contributed by atoms with Crippen LogP contribution in [0, 0.1) is 0 Å². The van der Waals surface area contributed by atoms with E-state index >= 15 is 0 Å². The number of hydrogen-bond donors (Lipinski definition) is 5. The Balaban J connectivity index is 4.66. The maximum absolute atomic E-state index is 12.7. The molecule has 0 aliphatic heterocycles. The largest absolute Gasteiger partial charge is 0.472 e. The highest BCUT2D eigenvalue weighted by Gasteiger charge is 2.28. The van der Waals surface area contributed by atoms with Crippen LogP contribution in [-0.2, 0) is 41.8 Å². The molecule has 0 saturated heterocycles. The third-order valence-electron chi connectivity index (χ3n) is 9.14. The van der Waals surface area contributed by atoms with Crippen molar-refractivity contribution in [2.45, 2.75) is 180 Å². The van der Waals surface area contributed by atoms with E-state index in [0.29, 0.717) is 32.1 Å². The van der Waals surface area contributed by atoms with Crippen LogP contribution in [0.3, 0.4) is 0 Å². The van der Waals surface area contributed by atoms with Crippen molar-refractivity contribution in [1.82, 2.24) is 0 Å². The van der Waals surface area contributed by atoms with Gasteiger partial charge in [-0.3, -0.25) is 23.2 Å². The molecule has 0 bridgehead atoms. The molecule has 1 unspecified atom stereocenters. The second-order valence-electron chi connectivity index (χ2n) is 15.2. The van der Waals surface area contributed by atoms with Crippen LogP contribution in [0.15, 0.2) is 72.9 Å². The van der Waals surface area contributed by atoms with Crippen LogP contribution in [0.5, 0.6) is 0 Å². The Labute approximate surface area is 372 Å². The predicted molar refractivity (Wildman–Crippen MR) is 245 cm³/mol. The lowest BCUT2D eigenvalue weighted by molar-refractivity contribution is -0.161. The molecule has 0 radical (unpaired) electrons. The van der Waals surface area contributed by atoms with Gasteiger partial charge in [-0.1, -0.05) is 145 Å². The number of aliphatic hydroxyl groups excluding tert-OH is 2. The molecule has 62 heavy (non-hydrogen) atoms. The van der Waals surface area contributed by atoms with E-state index in [1.54, 1.807) is 6.08 Å².